The van der Waals surface area contributed by atoms with E-state index in [2.05, 4.69) is 5.32 Å². The number of carbonyl (C=O) groups is 3. The molecule has 0 unspecified atom stereocenters. The molecule has 0 saturated carbocycles. The third-order valence-corrected chi connectivity index (χ3v) is 4.14. The lowest BCUT2D eigenvalue weighted by atomic mass is 10.0. The van der Waals surface area contributed by atoms with E-state index in [9.17, 15) is 14.4 Å². The van der Waals surface area contributed by atoms with E-state index in [1.165, 1.54) is 0 Å². The first-order valence-corrected chi connectivity index (χ1v) is 8.63. The highest BCUT2D eigenvalue weighted by molar-refractivity contribution is 5.89. The number of nitrogens with one attached hydrogen (secondary N) is 1. The lowest BCUT2D eigenvalue weighted by Crippen LogP contribution is -2.46. The fraction of sp³-hybridized carbons (Fsp3) is 0.350. The minimum Gasteiger partial charge on any atom is -0.466 e. The van der Waals surface area contributed by atoms with E-state index in [-0.39, 0.29) is 25.4 Å². The maximum atomic E-state index is 12.3. The van der Waals surface area contributed by atoms with Crippen LogP contribution < -0.4 is 11.1 Å². The second-order valence-corrected chi connectivity index (χ2v) is 6.27. The van der Waals surface area contributed by atoms with Gasteiger partial charge in [0, 0.05) is 0 Å². The van der Waals surface area contributed by atoms with Gasteiger partial charge in [0.05, 0.1) is 18.9 Å². The van der Waals surface area contributed by atoms with Crippen molar-refractivity contribution in [3.05, 3.63) is 48.0 Å². The summed E-state index contributed by atoms with van der Waals surface area (Å²) in [5, 5.41) is 4.75. The number of nitrogens with two attached hydrogens (primary N) is 1. The van der Waals surface area contributed by atoms with Gasteiger partial charge in [-0.05, 0) is 29.7 Å². The first-order chi connectivity index (χ1) is 12.4. The monoisotopic (exact) mass is 356 g/mol. The molecule has 6 heteroatoms. The molecule has 2 rings (SSSR count). The Hall–Kier alpha value is -2.89. The van der Waals surface area contributed by atoms with Crippen LogP contribution in [0.2, 0.25) is 0 Å². The average Bonchev–Trinajstić information content (AvgIpc) is 2.61. The fourth-order valence-corrected chi connectivity index (χ4v) is 2.76. The zero-order valence-electron chi connectivity index (χ0n) is 15.0. The fourth-order valence-electron chi connectivity index (χ4n) is 2.76. The minimum absolute atomic E-state index is 0.109. The van der Waals surface area contributed by atoms with E-state index >= 15 is 0 Å². The van der Waals surface area contributed by atoms with Crippen LogP contribution in [0.25, 0.3) is 10.8 Å². The first-order valence-electron chi connectivity index (χ1n) is 8.63. The zero-order chi connectivity index (χ0) is 19.1. The summed E-state index contributed by atoms with van der Waals surface area (Å²) in [5.74, 6) is -1.94. The molecule has 0 aliphatic rings. The zero-order valence-corrected chi connectivity index (χ0v) is 15.0. The summed E-state index contributed by atoms with van der Waals surface area (Å²) in [5.41, 5.74) is 6.21. The van der Waals surface area contributed by atoms with Crippen LogP contribution in [0.1, 0.15) is 25.8 Å². The lowest BCUT2D eigenvalue weighted by Gasteiger charge is -2.19. The number of esters is 1. The molecule has 0 radical (unpaired) electrons. The van der Waals surface area contributed by atoms with Gasteiger partial charge < -0.3 is 15.8 Å². The van der Waals surface area contributed by atoms with Crippen molar-refractivity contribution in [3.63, 3.8) is 0 Å². The summed E-state index contributed by atoms with van der Waals surface area (Å²) in [6.45, 7) is 3.61. The van der Waals surface area contributed by atoms with Gasteiger partial charge in [0.25, 0.3) is 0 Å². The van der Waals surface area contributed by atoms with Crippen LogP contribution in [-0.4, -0.2) is 30.4 Å². The van der Waals surface area contributed by atoms with Gasteiger partial charge in [-0.2, -0.15) is 0 Å². The molecule has 0 bridgehead atoms. The molecule has 6 nitrogen and oxygen atoms in total. The molecule has 2 aromatic rings. The molecule has 3 N–H and O–H groups in total. The molecule has 0 heterocycles. The Labute approximate surface area is 152 Å². The van der Waals surface area contributed by atoms with Gasteiger partial charge in [0.1, 0.15) is 6.04 Å². The second-order valence-electron chi connectivity index (χ2n) is 6.27. The normalized spacial score (nSPS) is 13.0. The van der Waals surface area contributed by atoms with Crippen LogP contribution in [-0.2, 0) is 25.5 Å². The lowest BCUT2D eigenvalue weighted by molar-refractivity contribution is -0.148. The molecule has 2 aromatic carbocycles. The molecule has 0 spiro atoms. The summed E-state index contributed by atoms with van der Waals surface area (Å²) in [6.07, 6.45) is 0.236. The number of ether oxygens (including phenoxy) is 1. The predicted octanol–water partition coefficient (Wildman–Crippen LogP) is 1.94. The largest absolute Gasteiger partial charge is 0.466 e. The molecular weight excluding hydrogens is 332 g/mol. The van der Waals surface area contributed by atoms with Crippen molar-refractivity contribution in [1.82, 2.24) is 5.32 Å². The highest BCUT2D eigenvalue weighted by Gasteiger charge is 2.25. The molecule has 0 aliphatic heterocycles. The van der Waals surface area contributed by atoms with E-state index < -0.39 is 23.8 Å². The summed E-state index contributed by atoms with van der Waals surface area (Å²) in [7, 11) is 0. The minimum atomic E-state index is -0.914. The maximum absolute atomic E-state index is 12.3. The third-order valence-electron chi connectivity index (χ3n) is 4.14. The molecular formula is C20H24N2O4. The number of benzene rings is 2. The van der Waals surface area contributed by atoms with E-state index in [1.54, 1.807) is 13.8 Å². The third kappa shape index (κ3) is 5.31. The van der Waals surface area contributed by atoms with Gasteiger partial charge in [-0.1, -0.05) is 49.4 Å². The van der Waals surface area contributed by atoms with Crippen LogP contribution >= 0.6 is 0 Å². The summed E-state index contributed by atoms with van der Waals surface area (Å²) in [4.78, 5) is 35.7. The molecule has 26 heavy (non-hydrogen) atoms. The summed E-state index contributed by atoms with van der Waals surface area (Å²) >= 11 is 0. The first kappa shape index (κ1) is 19.4. The van der Waals surface area contributed by atoms with Gasteiger partial charge in [-0.25, -0.2) is 0 Å². The smallest absolute Gasteiger partial charge is 0.308 e. The highest BCUT2D eigenvalue weighted by atomic mass is 16.5. The van der Waals surface area contributed by atoms with E-state index in [0.29, 0.717) is 0 Å². The Bertz CT molecular complexity index is 803. The molecule has 0 fully saturated rings. The SMILES string of the molecule is CCOC(=O)[C@H](C)C[C@H](NC(=O)Cc1ccc2ccccc2c1)C(N)=O. The Morgan fingerprint density at radius 2 is 1.81 bits per heavy atom. The number of fused-ring (bicyclic) bond motifs is 1. The standard InChI is InChI=1S/C20H24N2O4/c1-3-26-20(25)13(2)10-17(19(21)24)22-18(23)12-14-8-9-15-6-4-5-7-16(15)11-14/h4-9,11,13,17H,3,10,12H2,1-2H3,(H2,21,24)(H,22,23)/t13-,17+/m1/s1. The Morgan fingerprint density at radius 1 is 1.12 bits per heavy atom. The van der Waals surface area contributed by atoms with Crippen molar-refractivity contribution in [1.29, 1.82) is 0 Å². The topological polar surface area (TPSA) is 98.5 Å². The number of carbonyl (C=O) groups excluding carboxylic acids is 3. The van der Waals surface area contributed by atoms with Crippen molar-refractivity contribution >= 4 is 28.6 Å². The van der Waals surface area contributed by atoms with Gasteiger partial charge in [-0.15, -0.1) is 0 Å². The summed E-state index contributed by atoms with van der Waals surface area (Å²) in [6, 6.07) is 12.7. The number of rotatable bonds is 8. The number of primary amides is 1. The number of amides is 2. The van der Waals surface area contributed by atoms with E-state index in [1.807, 2.05) is 42.5 Å². The summed E-state index contributed by atoms with van der Waals surface area (Å²) < 4.78 is 4.92. The predicted molar refractivity (Wildman–Crippen MR) is 99.2 cm³/mol. The number of hydrogen-bond donors (Lipinski definition) is 2. The molecule has 0 aromatic heterocycles. The second kappa shape index (κ2) is 8.99. The molecule has 138 valence electrons. The van der Waals surface area contributed by atoms with Crippen LogP contribution in [0.15, 0.2) is 42.5 Å². The molecule has 2 atom stereocenters. The van der Waals surface area contributed by atoms with Crippen molar-refractivity contribution in [2.75, 3.05) is 6.61 Å². The van der Waals surface area contributed by atoms with Crippen molar-refractivity contribution in [2.45, 2.75) is 32.7 Å². The van der Waals surface area contributed by atoms with Gasteiger partial charge in [-0.3, -0.25) is 14.4 Å². The van der Waals surface area contributed by atoms with Gasteiger partial charge in [0.15, 0.2) is 0 Å². The van der Waals surface area contributed by atoms with Gasteiger partial charge in [0.2, 0.25) is 11.8 Å². The Balaban J connectivity index is 2.00. The molecule has 0 saturated heterocycles. The number of hydrogen-bond acceptors (Lipinski definition) is 4. The Morgan fingerprint density at radius 3 is 2.46 bits per heavy atom. The molecule has 0 aliphatic carbocycles. The quantitative estimate of drug-likeness (QED) is 0.706. The van der Waals surface area contributed by atoms with Crippen molar-refractivity contribution < 1.29 is 19.1 Å². The van der Waals surface area contributed by atoms with Crippen molar-refractivity contribution in [3.8, 4) is 0 Å². The average molecular weight is 356 g/mol. The van der Waals surface area contributed by atoms with Crippen LogP contribution in [0.5, 0.6) is 0 Å². The van der Waals surface area contributed by atoms with Crippen LogP contribution in [0.3, 0.4) is 0 Å². The van der Waals surface area contributed by atoms with E-state index in [0.717, 1.165) is 16.3 Å². The molecule has 2 amide bonds. The van der Waals surface area contributed by atoms with Gasteiger partial charge >= 0.3 is 5.97 Å². The maximum Gasteiger partial charge on any atom is 0.308 e. The van der Waals surface area contributed by atoms with Crippen LogP contribution in [0, 0.1) is 5.92 Å². The Kier molecular flexibility index (Phi) is 6.72. The van der Waals surface area contributed by atoms with E-state index in [4.69, 9.17) is 10.5 Å². The highest BCUT2D eigenvalue weighted by Crippen LogP contribution is 2.16. The van der Waals surface area contributed by atoms with Crippen LogP contribution in [0.4, 0.5) is 0 Å². The van der Waals surface area contributed by atoms with Crippen molar-refractivity contribution in [2.24, 2.45) is 11.7 Å².